The Morgan fingerprint density at radius 3 is 2.82 bits per heavy atom. The smallest absolute Gasteiger partial charge is 0.151 e. The molecule has 1 aromatic rings. The van der Waals surface area contributed by atoms with Crippen molar-refractivity contribution in [2.45, 2.75) is 33.1 Å². The largest absolute Gasteiger partial charge is 0.382 e. The quantitative estimate of drug-likeness (QED) is 0.847. The summed E-state index contributed by atoms with van der Waals surface area (Å²) in [5, 5.41) is 3.52. The van der Waals surface area contributed by atoms with E-state index in [1.807, 2.05) is 12.3 Å². The van der Waals surface area contributed by atoms with Crippen LogP contribution in [0.3, 0.4) is 0 Å². The van der Waals surface area contributed by atoms with Crippen molar-refractivity contribution in [1.82, 2.24) is 4.98 Å². The lowest BCUT2D eigenvalue weighted by Crippen LogP contribution is -2.21. The Morgan fingerprint density at radius 1 is 1.35 bits per heavy atom. The topological polar surface area (TPSA) is 28.2 Å². The number of hydrogen-bond acceptors (Lipinski definition) is 3. The van der Waals surface area contributed by atoms with Gasteiger partial charge in [-0.2, -0.15) is 0 Å². The van der Waals surface area contributed by atoms with E-state index in [2.05, 4.69) is 35.1 Å². The highest BCUT2D eigenvalue weighted by molar-refractivity contribution is 5.65. The molecule has 1 aromatic heterocycles. The lowest BCUT2D eigenvalue weighted by atomic mass is 10.1. The van der Waals surface area contributed by atoms with Gasteiger partial charge in [0.2, 0.25) is 0 Å². The van der Waals surface area contributed by atoms with E-state index in [4.69, 9.17) is 0 Å². The minimum atomic E-state index is 0.745. The van der Waals surface area contributed by atoms with Gasteiger partial charge in [-0.15, -0.1) is 0 Å². The van der Waals surface area contributed by atoms with Crippen molar-refractivity contribution < 1.29 is 0 Å². The van der Waals surface area contributed by atoms with E-state index in [9.17, 15) is 0 Å². The predicted molar refractivity (Wildman–Crippen MR) is 73.6 cm³/mol. The highest BCUT2D eigenvalue weighted by atomic mass is 15.2. The lowest BCUT2D eigenvalue weighted by Gasteiger charge is -2.20. The van der Waals surface area contributed by atoms with Crippen molar-refractivity contribution in [3.05, 3.63) is 18.3 Å². The Hall–Kier alpha value is -1.25. The van der Waals surface area contributed by atoms with Crippen molar-refractivity contribution in [3.63, 3.8) is 0 Å². The first-order chi connectivity index (χ1) is 8.27. The summed E-state index contributed by atoms with van der Waals surface area (Å²) in [6, 6.07) is 4.15. The first kappa shape index (κ1) is 12.2. The van der Waals surface area contributed by atoms with E-state index < -0.39 is 0 Å². The zero-order valence-corrected chi connectivity index (χ0v) is 10.9. The number of pyridine rings is 1. The first-order valence-electron chi connectivity index (χ1n) is 6.71. The van der Waals surface area contributed by atoms with E-state index in [1.54, 1.807) is 0 Å². The Bertz CT molecular complexity index is 343. The van der Waals surface area contributed by atoms with Crippen LogP contribution < -0.4 is 10.2 Å². The summed E-state index contributed by atoms with van der Waals surface area (Å²) in [6.07, 6.45) is 5.68. The third kappa shape index (κ3) is 3.35. The van der Waals surface area contributed by atoms with Gasteiger partial charge in [0.05, 0.1) is 5.69 Å². The van der Waals surface area contributed by atoms with Crippen LogP contribution in [-0.4, -0.2) is 24.6 Å². The average Bonchev–Trinajstić information content (AvgIpc) is 2.82. The molecule has 0 radical (unpaired) electrons. The second-order valence-corrected chi connectivity index (χ2v) is 5.18. The van der Waals surface area contributed by atoms with Crippen LogP contribution >= 0.6 is 0 Å². The minimum Gasteiger partial charge on any atom is -0.382 e. The van der Waals surface area contributed by atoms with E-state index in [0.29, 0.717) is 0 Å². The number of nitrogens with one attached hydrogen (secondary N) is 1. The van der Waals surface area contributed by atoms with E-state index >= 15 is 0 Å². The van der Waals surface area contributed by atoms with Gasteiger partial charge in [-0.25, -0.2) is 4.98 Å². The molecule has 1 fully saturated rings. The van der Waals surface area contributed by atoms with Crippen molar-refractivity contribution in [2.24, 2.45) is 5.92 Å². The predicted octanol–water partition coefficient (Wildman–Crippen LogP) is 3.14. The molecule has 0 aliphatic carbocycles. The lowest BCUT2D eigenvalue weighted by molar-refractivity contribution is 0.607. The Balaban J connectivity index is 2.00. The number of anilines is 2. The molecule has 0 aromatic carbocycles. The summed E-state index contributed by atoms with van der Waals surface area (Å²) in [5.41, 5.74) is 1.19. The molecule has 3 heteroatoms. The van der Waals surface area contributed by atoms with Gasteiger partial charge in [0.25, 0.3) is 0 Å². The average molecular weight is 233 g/mol. The standard InChI is InChI=1S/C14H23N3/c1-12(2)7-9-15-13-6-5-8-16-14(13)17-10-3-4-11-17/h5-6,8,12,15H,3-4,7,9-11H2,1-2H3. The third-order valence-corrected chi connectivity index (χ3v) is 3.23. The molecule has 0 spiro atoms. The molecule has 1 aliphatic rings. The molecular weight excluding hydrogens is 210 g/mol. The molecule has 1 N–H and O–H groups in total. The zero-order valence-electron chi connectivity index (χ0n) is 10.9. The molecule has 0 saturated carbocycles. The Labute approximate surface area is 104 Å². The maximum Gasteiger partial charge on any atom is 0.151 e. The molecule has 1 aliphatic heterocycles. The number of hydrogen-bond donors (Lipinski definition) is 1. The van der Waals surface area contributed by atoms with E-state index in [-0.39, 0.29) is 0 Å². The van der Waals surface area contributed by atoms with Gasteiger partial charge < -0.3 is 10.2 Å². The van der Waals surface area contributed by atoms with Gasteiger partial charge in [0.1, 0.15) is 0 Å². The van der Waals surface area contributed by atoms with Gasteiger partial charge in [0.15, 0.2) is 5.82 Å². The summed E-state index contributed by atoms with van der Waals surface area (Å²) >= 11 is 0. The van der Waals surface area contributed by atoms with Crippen molar-refractivity contribution in [1.29, 1.82) is 0 Å². The second kappa shape index (κ2) is 5.89. The van der Waals surface area contributed by atoms with Crippen molar-refractivity contribution >= 4 is 11.5 Å². The molecule has 2 heterocycles. The molecule has 0 bridgehead atoms. The summed E-state index contributed by atoms with van der Waals surface area (Å²) < 4.78 is 0. The molecule has 1 saturated heterocycles. The van der Waals surface area contributed by atoms with E-state index in [0.717, 1.165) is 31.4 Å². The molecule has 2 rings (SSSR count). The van der Waals surface area contributed by atoms with Crippen LogP contribution in [0.4, 0.5) is 11.5 Å². The van der Waals surface area contributed by atoms with Gasteiger partial charge in [-0.3, -0.25) is 0 Å². The normalized spacial score (nSPS) is 15.6. The van der Waals surface area contributed by atoms with Crippen LogP contribution in [0.1, 0.15) is 33.1 Å². The Morgan fingerprint density at radius 2 is 2.12 bits per heavy atom. The first-order valence-corrected chi connectivity index (χ1v) is 6.71. The minimum absolute atomic E-state index is 0.745. The summed E-state index contributed by atoms with van der Waals surface area (Å²) in [7, 11) is 0. The fourth-order valence-electron chi connectivity index (χ4n) is 2.21. The van der Waals surface area contributed by atoms with Gasteiger partial charge in [-0.1, -0.05) is 13.8 Å². The molecule has 3 nitrogen and oxygen atoms in total. The molecule has 94 valence electrons. The monoisotopic (exact) mass is 233 g/mol. The highest BCUT2D eigenvalue weighted by Gasteiger charge is 2.16. The van der Waals surface area contributed by atoms with Crippen LogP contribution in [-0.2, 0) is 0 Å². The number of aromatic nitrogens is 1. The van der Waals surface area contributed by atoms with Gasteiger partial charge in [-0.05, 0) is 37.3 Å². The Kier molecular flexibility index (Phi) is 4.24. The summed E-state index contributed by atoms with van der Waals surface area (Å²) in [4.78, 5) is 6.91. The summed E-state index contributed by atoms with van der Waals surface area (Å²) in [6.45, 7) is 7.84. The van der Waals surface area contributed by atoms with Crippen LogP contribution in [0.15, 0.2) is 18.3 Å². The van der Waals surface area contributed by atoms with Crippen molar-refractivity contribution in [3.8, 4) is 0 Å². The zero-order chi connectivity index (χ0) is 12.1. The van der Waals surface area contributed by atoms with Crippen LogP contribution in [0.25, 0.3) is 0 Å². The second-order valence-electron chi connectivity index (χ2n) is 5.18. The number of nitrogens with zero attached hydrogens (tertiary/aromatic N) is 2. The third-order valence-electron chi connectivity index (χ3n) is 3.23. The van der Waals surface area contributed by atoms with Gasteiger partial charge >= 0.3 is 0 Å². The molecule has 0 unspecified atom stereocenters. The maximum atomic E-state index is 4.52. The summed E-state index contributed by atoms with van der Waals surface area (Å²) in [5.74, 6) is 1.88. The SMILES string of the molecule is CC(C)CCNc1cccnc1N1CCCC1. The molecule has 17 heavy (non-hydrogen) atoms. The van der Waals surface area contributed by atoms with Crippen LogP contribution in [0.2, 0.25) is 0 Å². The highest BCUT2D eigenvalue weighted by Crippen LogP contribution is 2.26. The molecule has 0 atom stereocenters. The van der Waals surface area contributed by atoms with Crippen LogP contribution in [0.5, 0.6) is 0 Å². The van der Waals surface area contributed by atoms with E-state index in [1.165, 1.54) is 24.9 Å². The van der Waals surface area contributed by atoms with Crippen LogP contribution in [0, 0.1) is 5.92 Å². The molecule has 0 amide bonds. The van der Waals surface area contributed by atoms with Crippen molar-refractivity contribution in [2.75, 3.05) is 29.9 Å². The maximum absolute atomic E-state index is 4.52. The fraction of sp³-hybridized carbons (Fsp3) is 0.643. The molecular formula is C14H23N3. The fourth-order valence-corrected chi connectivity index (χ4v) is 2.21. The van der Waals surface area contributed by atoms with Gasteiger partial charge in [0, 0.05) is 25.8 Å². The number of rotatable bonds is 5.